The van der Waals surface area contributed by atoms with E-state index in [9.17, 15) is 9.90 Å². The van der Waals surface area contributed by atoms with E-state index in [4.69, 9.17) is 5.73 Å². The molecule has 1 heterocycles. The van der Waals surface area contributed by atoms with Crippen LogP contribution in [0.1, 0.15) is 16.1 Å². The first-order valence-corrected chi connectivity index (χ1v) is 4.77. The first-order valence-electron chi connectivity index (χ1n) is 4.77. The fraction of sp³-hybridized carbons (Fsp3) is 0.100. The fourth-order valence-corrected chi connectivity index (χ4v) is 1.29. The Balaban J connectivity index is 2.25. The maximum Gasteiger partial charge on any atom is 0.281 e. The quantitative estimate of drug-likeness (QED) is 0.665. The topological polar surface area (TPSA) is 114 Å². The Hall–Kier alpha value is -2.57. The van der Waals surface area contributed by atoms with Crippen molar-refractivity contribution in [1.82, 2.24) is 10.3 Å². The molecule has 4 N–H and O–H groups in total. The molecule has 7 heteroatoms. The zero-order chi connectivity index (χ0) is 12.4. The second kappa shape index (κ2) is 4.12. The summed E-state index contributed by atoms with van der Waals surface area (Å²) >= 11 is 0. The molecule has 0 aliphatic carbocycles. The second-order valence-corrected chi connectivity index (χ2v) is 3.42. The van der Waals surface area contributed by atoms with Gasteiger partial charge in [-0.2, -0.15) is 0 Å². The van der Waals surface area contributed by atoms with Crippen LogP contribution in [0, 0.1) is 6.92 Å². The van der Waals surface area contributed by atoms with Crippen LogP contribution in [-0.4, -0.2) is 21.3 Å². The molecule has 0 saturated carbocycles. The van der Waals surface area contributed by atoms with Crippen LogP contribution in [0.15, 0.2) is 22.8 Å². The average Bonchev–Trinajstić information content (AvgIpc) is 2.71. The zero-order valence-electron chi connectivity index (χ0n) is 8.97. The maximum atomic E-state index is 11.7. The van der Waals surface area contributed by atoms with Crippen molar-refractivity contribution >= 4 is 17.4 Å². The Morgan fingerprint density at radius 2 is 2.24 bits per heavy atom. The number of hydrogen-bond acceptors (Lipinski definition) is 6. The lowest BCUT2D eigenvalue weighted by Gasteiger charge is -2.07. The first-order chi connectivity index (χ1) is 8.09. The monoisotopic (exact) mass is 234 g/mol. The summed E-state index contributed by atoms with van der Waals surface area (Å²) in [6.45, 7) is 1.72. The number of phenols is 1. The molecule has 0 radical (unpaired) electrons. The normalized spacial score (nSPS) is 10.2. The zero-order valence-corrected chi connectivity index (χ0v) is 8.97. The Morgan fingerprint density at radius 1 is 1.47 bits per heavy atom. The molecule has 0 bridgehead atoms. The lowest BCUT2D eigenvalue weighted by Crippen LogP contribution is -2.14. The molecule has 0 aliphatic rings. The number of benzene rings is 1. The first kappa shape index (κ1) is 10.9. The number of phenolic OH excluding ortho intramolecular Hbond substituents is 1. The van der Waals surface area contributed by atoms with Crippen molar-refractivity contribution < 1.29 is 14.5 Å². The number of aryl methyl sites for hydroxylation is 1. The number of amides is 1. The molecule has 0 unspecified atom stereocenters. The molecule has 0 atom stereocenters. The van der Waals surface area contributed by atoms with Crippen LogP contribution in [0.2, 0.25) is 0 Å². The van der Waals surface area contributed by atoms with Gasteiger partial charge in [-0.25, -0.2) is 4.63 Å². The largest absolute Gasteiger partial charge is 0.505 e. The summed E-state index contributed by atoms with van der Waals surface area (Å²) in [5.74, 6) is -0.699. The number of aromatic nitrogens is 2. The Morgan fingerprint density at radius 3 is 2.88 bits per heavy atom. The summed E-state index contributed by atoms with van der Waals surface area (Å²) < 4.78 is 4.31. The number of nitrogens with zero attached hydrogens (tertiary/aromatic N) is 2. The Labute approximate surface area is 96.2 Å². The van der Waals surface area contributed by atoms with E-state index in [0.717, 1.165) is 0 Å². The number of rotatable bonds is 2. The Bertz CT molecular complexity index is 564. The number of hydrogen-bond donors (Lipinski definition) is 3. The van der Waals surface area contributed by atoms with E-state index >= 15 is 0 Å². The van der Waals surface area contributed by atoms with Crippen LogP contribution >= 0.6 is 0 Å². The standard InChI is InChI=1S/C10H10N4O3/c1-5-3-2-4-6(8(5)15)12-10(16)7-9(11)14-17-13-7/h2-4,15H,1H3,(H2,11,14)(H,12,16). The van der Waals surface area contributed by atoms with E-state index in [1.165, 1.54) is 0 Å². The minimum absolute atomic E-state index is 0.00382. The van der Waals surface area contributed by atoms with E-state index in [0.29, 0.717) is 5.56 Å². The molecular formula is C10H10N4O3. The summed E-state index contributed by atoms with van der Waals surface area (Å²) in [5, 5.41) is 18.8. The van der Waals surface area contributed by atoms with E-state index < -0.39 is 5.91 Å². The van der Waals surface area contributed by atoms with Gasteiger partial charge in [-0.05, 0) is 28.9 Å². The number of anilines is 2. The maximum absolute atomic E-state index is 11.7. The Kier molecular flexibility index (Phi) is 2.65. The second-order valence-electron chi connectivity index (χ2n) is 3.42. The number of carbonyl (C=O) groups is 1. The summed E-state index contributed by atoms with van der Waals surface area (Å²) in [6.07, 6.45) is 0. The van der Waals surface area contributed by atoms with Crippen LogP contribution in [0.3, 0.4) is 0 Å². The molecule has 1 amide bonds. The van der Waals surface area contributed by atoms with Gasteiger partial charge in [0.1, 0.15) is 5.75 Å². The molecule has 0 fully saturated rings. The third-order valence-corrected chi connectivity index (χ3v) is 2.21. The van der Waals surface area contributed by atoms with Gasteiger partial charge >= 0.3 is 0 Å². The smallest absolute Gasteiger partial charge is 0.281 e. The highest BCUT2D eigenvalue weighted by Gasteiger charge is 2.17. The molecular weight excluding hydrogens is 224 g/mol. The van der Waals surface area contributed by atoms with Gasteiger partial charge in [0.15, 0.2) is 0 Å². The van der Waals surface area contributed by atoms with E-state index in [1.807, 2.05) is 0 Å². The number of carbonyl (C=O) groups excluding carboxylic acids is 1. The predicted molar refractivity (Wildman–Crippen MR) is 59.5 cm³/mol. The highest BCUT2D eigenvalue weighted by Crippen LogP contribution is 2.26. The third-order valence-electron chi connectivity index (χ3n) is 2.21. The van der Waals surface area contributed by atoms with Gasteiger partial charge in [-0.3, -0.25) is 4.79 Å². The number of nitrogen functional groups attached to an aromatic ring is 1. The molecule has 1 aromatic heterocycles. The summed E-state index contributed by atoms with van der Waals surface area (Å²) in [7, 11) is 0. The number of para-hydroxylation sites is 1. The highest BCUT2D eigenvalue weighted by atomic mass is 16.6. The van der Waals surface area contributed by atoms with Crippen LogP contribution in [0.25, 0.3) is 0 Å². The number of nitrogens with one attached hydrogen (secondary N) is 1. The van der Waals surface area contributed by atoms with Crippen molar-refractivity contribution in [2.75, 3.05) is 11.1 Å². The summed E-state index contributed by atoms with van der Waals surface area (Å²) in [5.41, 5.74) is 6.18. The molecule has 2 aromatic rings. The van der Waals surface area contributed by atoms with Gasteiger partial charge in [0.25, 0.3) is 5.91 Å². The van der Waals surface area contributed by atoms with E-state index in [1.54, 1.807) is 25.1 Å². The molecule has 0 aliphatic heterocycles. The summed E-state index contributed by atoms with van der Waals surface area (Å²) in [6, 6.07) is 4.98. The highest BCUT2D eigenvalue weighted by molar-refractivity contribution is 6.06. The van der Waals surface area contributed by atoms with Gasteiger partial charge in [0, 0.05) is 0 Å². The molecule has 17 heavy (non-hydrogen) atoms. The van der Waals surface area contributed by atoms with E-state index in [2.05, 4.69) is 20.3 Å². The molecule has 2 rings (SSSR count). The van der Waals surface area contributed by atoms with E-state index in [-0.39, 0.29) is 22.9 Å². The SMILES string of the molecule is Cc1cccc(NC(=O)c2nonc2N)c1O. The minimum Gasteiger partial charge on any atom is -0.505 e. The predicted octanol–water partition coefficient (Wildman–Crippen LogP) is 0.918. The van der Waals surface area contributed by atoms with Crippen molar-refractivity contribution in [3.63, 3.8) is 0 Å². The van der Waals surface area contributed by atoms with Crippen molar-refractivity contribution in [3.8, 4) is 5.75 Å². The van der Waals surface area contributed by atoms with Gasteiger partial charge in [0.05, 0.1) is 5.69 Å². The van der Waals surface area contributed by atoms with Crippen molar-refractivity contribution in [2.45, 2.75) is 6.92 Å². The number of aromatic hydroxyl groups is 1. The fourth-order valence-electron chi connectivity index (χ4n) is 1.29. The van der Waals surface area contributed by atoms with Crippen molar-refractivity contribution in [1.29, 1.82) is 0 Å². The van der Waals surface area contributed by atoms with Gasteiger partial charge in [0.2, 0.25) is 11.5 Å². The van der Waals surface area contributed by atoms with Gasteiger partial charge in [-0.1, -0.05) is 12.1 Å². The van der Waals surface area contributed by atoms with Crippen molar-refractivity contribution in [3.05, 3.63) is 29.5 Å². The molecule has 1 aromatic carbocycles. The minimum atomic E-state index is -0.593. The molecule has 7 nitrogen and oxygen atoms in total. The third kappa shape index (κ3) is 2.03. The van der Waals surface area contributed by atoms with Crippen LogP contribution in [0.5, 0.6) is 5.75 Å². The lowest BCUT2D eigenvalue weighted by atomic mass is 10.2. The molecule has 0 saturated heterocycles. The molecule has 0 spiro atoms. The molecule has 88 valence electrons. The van der Waals surface area contributed by atoms with Gasteiger partial charge in [-0.15, -0.1) is 0 Å². The lowest BCUT2D eigenvalue weighted by molar-refractivity contribution is 0.101. The van der Waals surface area contributed by atoms with Crippen molar-refractivity contribution in [2.24, 2.45) is 0 Å². The van der Waals surface area contributed by atoms with Gasteiger partial charge < -0.3 is 16.2 Å². The average molecular weight is 234 g/mol. The van der Waals surface area contributed by atoms with Crippen LogP contribution in [-0.2, 0) is 0 Å². The van der Waals surface area contributed by atoms with Crippen LogP contribution < -0.4 is 11.1 Å². The summed E-state index contributed by atoms with van der Waals surface area (Å²) in [4.78, 5) is 11.7. The van der Waals surface area contributed by atoms with Crippen LogP contribution in [0.4, 0.5) is 11.5 Å². The number of nitrogens with two attached hydrogens (primary N) is 1.